The summed E-state index contributed by atoms with van der Waals surface area (Å²) in [7, 11) is 0. The number of hydrogen-bond donors (Lipinski definition) is 1. The van der Waals surface area contributed by atoms with Crippen molar-refractivity contribution in [1.82, 2.24) is 4.57 Å². The molecule has 5 rings (SSSR count). The van der Waals surface area contributed by atoms with Gasteiger partial charge in [-0.1, -0.05) is 18.2 Å². The molecule has 154 valence electrons. The molecule has 0 unspecified atom stereocenters. The van der Waals surface area contributed by atoms with Crippen LogP contribution in [0.15, 0.2) is 48.5 Å². The lowest BCUT2D eigenvalue weighted by molar-refractivity contribution is 0.0999. The maximum absolute atomic E-state index is 12.0. The lowest BCUT2D eigenvalue weighted by Crippen LogP contribution is -2.17. The zero-order chi connectivity index (χ0) is 20.7. The normalized spacial score (nSPS) is 15.0. The molecule has 3 aromatic rings. The smallest absolute Gasteiger partial charge is 0.250 e. The van der Waals surface area contributed by atoms with E-state index in [1.807, 2.05) is 31.2 Å². The number of carbonyl (C=O) groups excluding carboxylic acids is 1. The Bertz CT molecular complexity index is 1100. The SMILES string of the molecule is Cc1c(C(N)=O)cc(-c2ccc(N3CCCC3)cc2)n1Cc1ccc2c(c1)OCO2. The Morgan fingerprint density at radius 3 is 2.47 bits per heavy atom. The van der Waals surface area contributed by atoms with Crippen LogP contribution in [-0.2, 0) is 6.54 Å². The molecule has 2 N–H and O–H groups in total. The average molecular weight is 403 g/mol. The van der Waals surface area contributed by atoms with Crippen molar-refractivity contribution < 1.29 is 14.3 Å². The Kier molecular flexibility index (Phi) is 4.62. The Labute approximate surface area is 175 Å². The fraction of sp³-hybridized carbons (Fsp3) is 0.292. The highest BCUT2D eigenvalue weighted by Gasteiger charge is 2.19. The van der Waals surface area contributed by atoms with Gasteiger partial charge in [-0.15, -0.1) is 0 Å². The van der Waals surface area contributed by atoms with Crippen molar-refractivity contribution in [2.24, 2.45) is 5.73 Å². The summed E-state index contributed by atoms with van der Waals surface area (Å²) >= 11 is 0. The zero-order valence-electron chi connectivity index (χ0n) is 17.1. The van der Waals surface area contributed by atoms with Gasteiger partial charge >= 0.3 is 0 Å². The molecule has 0 spiro atoms. The molecular weight excluding hydrogens is 378 g/mol. The first-order valence-corrected chi connectivity index (χ1v) is 10.3. The van der Waals surface area contributed by atoms with E-state index in [1.165, 1.54) is 18.5 Å². The van der Waals surface area contributed by atoms with Gasteiger partial charge in [-0.25, -0.2) is 0 Å². The number of nitrogens with two attached hydrogens (primary N) is 1. The molecule has 2 aliphatic rings. The number of primary amides is 1. The highest BCUT2D eigenvalue weighted by Crippen LogP contribution is 2.34. The number of ether oxygens (including phenoxy) is 2. The fourth-order valence-electron chi connectivity index (χ4n) is 4.38. The third-order valence-electron chi connectivity index (χ3n) is 6.04. The standard InChI is InChI=1S/C24H25N3O3/c1-16-20(24(25)28)13-21(18-5-7-19(8-6-18)26-10-2-3-11-26)27(16)14-17-4-9-22-23(12-17)30-15-29-22/h4-9,12-13H,2-3,10-11,14-15H2,1H3,(H2,25,28). The van der Waals surface area contributed by atoms with Gasteiger partial charge in [0.05, 0.1) is 5.56 Å². The summed E-state index contributed by atoms with van der Waals surface area (Å²) in [5, 5.41) is 0. The summed E-state index contributed by atoms with van der Waals surface area (Å²) in [6.07, 6.45) is 2.50. The van der Waals surface area contributed by atoms with E-state index in [0.717, 1.165) is 47.1 Å². The van der Waals surface area contributed by atoms with Gasteiger partial charge in [-0.2, -0.15) is 0 Å². The van der Waals surface area contributed by atoms with E-state index in [2.05, 4.69) is 33.7 Å². The van der Waals surface area contributed by atoms with Gasteiger partial charge in [-0.05, 0) is 61.2 Å². The number of nitrogens with zero attached hydrogens (tertiary/aromatic N) is 2. The van der Waals surface area contributed by atoms with E-state index in [9.17, 15) is 4.79 Å². The number of fused-ring (bicyclic) bond motifs is 1. The van der Waals surface area contributed by atoms with Gasteiger partial charge in [0.2, 0.25) is 6.79 Å². The topological polar surface area (TPSA) is 69.7 Å². The minimum atomic E-state index is -0.410. The van der Waals surface area contributed by atoms with Gasteiger partial charge in [0.15, 0.2) is 11.5 Å². The molecule has 30 heavy (non-hydrogen) atoms. The fourth-order valence-corrected chi connectivity index (χ4v) is 4.38. The predicted octanol–water partition coefficient (Wildman–Crippen LogP) is 3.94. The number of hydrogen-bond acceptors (Lipinski definition) is 4. The molecule has 3 heterocycles. The lowest BCUT2D eigenvalue weighted by atomic mass is 10.1. The van der Waals surface area contributed by atoms with Crippen LogP contribution in [0, 0.1) is 6.92 Å². The Morgan fingerprint density at radius 1 is 1.00 bits per heavy atom. The van der Waals surface area contributed by atoms with Gasteiger partial charge in [-0.3, -0.25) is 4.79 Å². The van der Waals surface area contributed by atoms with Crippen LogP contribution < -0.4 is 20.1 Å². The van der Waals surface area contributed by atoms with Gasteiger partial charge in [0.25, 0.3) is 5.91 Å². The molecule has 0 radical (unpaired) electrons. The van der Waals surface area contributed by atoms with Gasteiger partial charge in [0, 0.05) is 36.7 Å². The van der Waals surface area contributed by atoms with E-state index in [0.29, 0.717) is 12.1 Å². The molecule has 0 aliphatic carbocycles. The Morgan fingerprint density at radius 2 is 1.73 bits per heavy atom. The third-order valence-corrected chi connectivity index (χ3v) is 6.04. The molecule has 6 nitrogen and oxygen atoms in total. The number of rotatable bonds is 5. The van der Waals surface area contributed by atoms with Crippen LogP contribution in [0.4, 0.5) is 5.69 Å². The van der Waals surface area contributed by atoms with Crippen LogP contribution in [0.25, 0.3) is 11.3 Å². The molecule has 2 aromatic carbocycles. The summed E-state index contributed by atoms with van der Waals surface area (Å²) in [4.78, 5) is 14.4. The zero-order valence-corrected chi connectivity index (χ0v) is 17.1. The summed E-state index contributed by atoms with van der Waals surface area (Å²) < 4.78 is 13.1. The number of aromatic nitrogens is 1. The molecule has 0 atom stereocenters. The molecule has 0 saturated carbocycles. The molecule has 6 heteroatoms. The van der Waals surface area contributed by atoms with Crippen LogP contribution in [0.3, 0.4) is 0 Å². The van der Waals surface area contributed by atoms with Crippen molar-refractivity contribution in [2.75, 3.05) is 24.8 Å². The minimum absolute atomic E-state index is 0.252. The van der Waals surface area contributed by atoms with Crippen LogP contribution in [0.1, 0.15) is 34.5 Å². The van der Waals surface area contributed by atoms with Crippen LogP contribution in [0.2, 0.25) is 0 Å². The summed E-state index contributed by atoms with van der Waals surface area (Å²) in [5.41, 5.74) is 11.4. The number of carbonyl (C=O) groups is 1. The second-order valence-electron chi connectivity index (χ2n) is 7.91. The van der Waals surface area contributed by atoms with E-state index in [1.54, 1.807) is 0 Å². The van der Waals surface area contributed by atoms with Crippen molar-refractivity contribution in [3.63, 3.8) is 0 Å². The van der Waals surface area contributed by atoms with Crippen LogP contribution in [0.5, 0.6) is 11.5 Å². The summed E-state index contributed by atoms with van der Waals surface area (Å²) in [6, 6.07) is 16.4. The van der Waals surface area contributed by atoms with Gasteiger partial charge < -0.3 is 24.7 Å². The third kappa shape index (κ3) is 3.28. The van der Waals surface area contributed by atoms with Crippen molar-refractivity contribution in [1.29, 1.82) is 0 Å². The summed E-state index contributed by atoms with van der Waals surface area (Å²) in [6.45, 7) is 5.03. The second kappa shape index (κ2) is 7.44. The van der Waals surface area contributed by atoms with E-state index in [4.69, 9.17) is 15.2 Å². The highest BCUT2D eigenvalue weighted by molar-refractivity contribution is 5.95. The molecule has 1 fully saturated rings. The predicted molar refractivity (Wildman–Crippen MR) is 116 cm³/mol. The second-order valence-corrected chi connectivity index (χ2v) is 7.91. The molecule has 1 saturated heterocycles. The van der Waals surface area contributed by atoms with E-state index >= 15 is 0 Å². The van der Waals surface area contributed by atoms with Crippen molar-refractivity contribution in [3.8, 4) is 22.8 Å². The maximum atomic E-state index is 12.0. The Hall–Kier alpha value is -3.41. The van der Waals surface area contributed by atoms with E-state index in [-0.39, 0.29) is 6.79 Å². The monoisotopic (exact) mass is 403 g/mol. The first-order valence-electron chi connectivity index (χ1n) is 10.3. The number of benzene rings is 2. The van der Waals surface area contributed by atoms with Crippen LogP contribution in [-0.4, -0.2) is 30.4 Å². The largest absolute Gasteiger partial charge is 0.454 e. The quantitative estimate of drug-likeness (QED) is 0.701. The first-order chi connectivity index (χ1) is 14.6. The van der Waals surface area contributed by atoms with Crippen LogP contribution >= 0.6 is 0 Å². The van der Waals surface area contributed by atoms with Crippen molar-refractivity contribution in [3.05, 3.63) is 65.4 Å². The molecule has 2 aliphatic heterocycles. The lowest BCUT2D eigenvalue weighted by Gasteiger charge is -2.18. The highest BCUT2D eigenvalue weighted by atomic mass is 16.7. The van der Waals surface area contributed by atoms with E-state index < -0.39 is 5.91 Å². The summed E-state index contributed by atoms with van der Waals surface area (Å²) in [5.74, 6) is 1.11. The molecular formula is C24H25N3O3. The number of amides is 1. The number of anilines is 1. The Balaban J connectivity index is 1.51. The minimum Gasteiger partial charge on any atom is -0.454 e. The molecule has 1 amide bonds. The maximum Gasteiger partial charge on any atom is 0.250 e. The van der Waals surface area contributed by atoms with Gasteiger partial charge in [0.1, 0.15) is 0 Å². The average Bonchev–Trinajstić information content (AvgIpc) is 3.49. The van der Waals surface area contributed by atoms with Crippen molar-refractivity contribution >= 4 is 11.6 Å². The molecule has 1 aromatic heterocycles. The van der Waals surface area contributed by atoms with Crippen molar-refractivity contribution in [2.45, 2.75) is 26.3 Å². The molecule has 0 bridgehead atoms. The first kappa shape index (κ1) is 18.6.